The van der Waals surface area contributed by atoms with E-state index in [1.165, 1.54) is 17.0 Å². The number of carbonyl (C=O) groups is 2. The number of anilines is 1. The number of carbonyl (C=O) groups excluding carboxylic acids is 2. The summed E-state index contributed by atoms with van der Waals surface area (Å²) in [4.78, 5) is 29.1. The highest BCUT2D eigenvalue weighted by molar-refractivity contribution is 7.92. The number of benzene rings is 3. The summed E-state index contributed by atoms with van der Waals surface area (Å²) in [5.41, 5.74) is 2.69. The molecule has 0 aliphatic heterocycles. The predicted molar refractivity (Wildman–Crippen MR) is 170 cm³/mol. The molecule has 0 aliphatic rings. The molecule has 0 unspecified atom stereocenters. The van der Waals surface area contributed by atoms with E-state index < -0.39 is 28.5 Å². The molecule has 42 heavy (non-hydrogen) atoms. The van der Waals surface area contributed by atoms with Crippen LogP contribution in [0.15, 0.2) is 71.6 Å². The van der Waals surface area contributed by atoms with Gasteiger partial charge in [-0.15, -0.1) is 0 Å². The molecule has 0 bridgehead atoms. The van der Waals surface area contributed by atoms with Crippen molar-refractivity contribution in [1.82, 2.24) is 10.2 Å². The Morgan fingerprint density at radius 2 is 1.60 bits per heavy atom. The maximum absolute atomic E-state index is 14.3. The van der Waals surface area contributed by atoms with Crippen molar-refractivity contribution in [1.29, 1.82) is 0 Å². The molecule has 2 amide bonds. The first kappa shape index (κ1) is 33.4. The van der Waals surface area contributed by atoms with Crippen LogP contribution in [0.2, 0.25) is 10.0 Å². The Morgan fingerprint density at radius 1 is 0.929 bits per heavy atom. The molecule has 3 aromatic carbocycles. The van der Waals surface area contributed by atoms with Gasteiger partial charge in [0.15, 0.2) is 0 Å². The van der Waals surface area contributed by atoms with Crippen LogP contribution in [-0.4, -0.2) is 44.3 Å². The van der Waals surface area contributed by atoms with E-state index in [2.05, 4.69) is 5.32 Å². The molecule has 10 heteroatoms. The number of sulfonamides is 1. The Kier molecular flexibility index (Phi) is 11.9. The molecule has 226 valence electrons. The highest BCUT2D eigenvalue weighted by Gasteiger charge is 2.34. The number of nitrogens with one attached hydrogen (secondary N) is 1. The molecule has 0 aliphatic carbocycles. The van der Waals surface area contributed by atoms with Gasteiger partial charge in [-0.1, -0.05) is 92.9 Å². The van der Waals surface area contributed by atoms with Crippen LogP contribution in [-0.2, 0) is 32.6 Å². The zero-order valence-corrected chi connectivity index (χ0v) is 27.1. The second kappa shape index (κ2) is 14.9. The fraction of sp³-hybridized carbons (Fsp3) is 0.375. The van der Waals surface area contributed by atoms with Crippen LogP contribution in [0.3, 0.4) is 0 Å². The monoisotopic (exact) mass is 631 g/mol. The van der Waals surface area contributed by atoms with Crippen molar-refractivity contribution in [2.75, 3.05) is 17.4 Å². The fourth-order valence-electron chi connectivity index (χ4n) is 4.58. The third kappa shape index (κ3) is 8.27. The van der Waals surface area contributed by atoms with Crippen LogP contribution in [0, 0.1) is 12.8 Å². The van der Waals surface area contributed by atoms with Crippen LogP contribution in [0.25, 0.3) is 0 Å². The number of amides is 2. The Hall–Kier alpha value is -3.07. The van der Waals surface area contributed by atoms with Gasteiger partial charge in [-0.2, -0.15) is 0 Å². The molecule has 1 N–H and O–H groups in total. The van der Waals surface area contributed by atoms with Crippen LogP contribution in [0.1, 0.15) is 50.8 Å². The van der Waals surface area contributed by atoms with Gasteiger partial charge in [-0.3, -0.25) is 13.9 Å². The minimum Gasteiger partial charge on any atom is -0.354 e. The molecular formula is C32H39Cl2N3O4S. The van der Waals surface area contributed by atoms with Gasteiger partial charge in [0, 0.05) is 23.1 Å². The first-order valence-corrected chi connectivity index (χ1v) is 16.3. The molecule has 0 radical (unpaired) electrons. The molecule has 0 aromatic heterocycles. The highest BCUT2D eigenvalue weighted by atomic mass is 35.5. The lowest BCUT2D eigenvalue weighted by Gasteiger charge is -2.34. The van der Waals surface area contributed by atoms with Gasteiger partial charge < -0.3 is 10.2 Å². The van der Waals surface area contributed by atoms with Crippen molar-refractivity contribution in [2.45, 2.75) is 64.9 Å². The standard InChI is InChI=1S/C32H39Cl2N3O4S/c1-6-24-10-8-9-11-30(24)37(42(40,41)27-16-12-23(5)13-17-27)21-31(38)36(20-25-14-15-26(33)18-28(25)34)29(7-2)32(39)35-19-22(3)4/h8-18,22,29H,6-7,19-21H2,1-5H3,(H,35,39)/t29-/m1/s1. The number of rotatable bonds is 13. The minimum atomic E-state index is -4.15. The van der Waals surface area contributed by atoms with E-state index in [9.17, 15) is 18.0 Å². The summed E-state index contributed by atoms with van der Waals surface area (Å²) in [5, 5.41) is 3.71. The average Bonchev–Trinajstić information content (AvgIpc) is 2.95. The first-order valence-electron chi connectivity index (χ1n) is 14.1. The number of halogens is 2. The van der Waals surface area contributed by atoms with Crippen molar-refractivity contribution in [3.05, 3.63) is 93.5 Å². The Morgan fingerprint density at radius 3 is 2.19 bits per heavy atom. The van der Waals surface area contributed by atoms with E-state index in [0.717, 1.165) is 15.4 Å². The molecule has 3 aromatic rings. The van der Waals surface area contributed by atoms with Gasteiger partial charge in [0.05, 0.1) is 10.6 Å². The zero-order valence-electron chi connectivity index (χ0n) is 24.7. The summed E-state index contributed by atoms with van der Waals surface area (Å²) in [7, 11) is -4.15. The van der Waals surface area contributed by atoms with Crippen molar-refractivity contribution in [2.24, 2.45) is 5.92 Å². The summed E-state index contributed by atoms with van der Waals surface area (Å²) in [6, 6.07) is 17.7. The molecule has 7 nitrogen and oxygen atoms in total. The lowest BCUT2D eigenvalue weighted by atomic mass is 10.1. The quantitative estimate of drug-likeness (QED) is 0.229. The second-order valence-corrected chi connectivity index (χ2v) is 13.3. The maximum atomic E-state index is 14.3. The van der Waals surface area contributed by atoms with Gasteiger partial charge in [0.25, 0.3) is 10.0 Å². The zero-order chi connectivity index (χ0) is 31.0. The summed E-state index contributed by atoms with van der Waals surface area (Å²) < 4.78 is 29.4. The van der Waals surface area contributed by atoms with Gasteiger partial charge in [0.2, 0.25) is 11.8 Å². The summed E-state index contributed by atoms with van der Waals surface area (Å²) in [6.07, 6.45) is 0.876. The smallest absolute Gasteiger partial charge is 0.264 e. The van der Waals surface area contributed by atoms with Crippen molar-refractivity contribution < 1.29 is 18.0 Å². The van der Waals surface area contributed by atoms with Crippen molar-refractivity contribution >= 4 is 50.7 Å². The lowest BCUT2D eigenvalue weighted by molar-refractivity contribution is -0.140. The van der Waals surface area contributed by atoms with Crippen LogP contribution in [0.5, 0.6) is 0 Å². The van der Waals surface area contributed by atoms with Crippen molar-refractivity contribution in [3.63, 3.8) is 0 Å². The third-order valence-electron chi connectivity index (χ3n) is 6.96. The Labute approximate surface area is 259 Å². The van der Waals surface area contributed by atoms with E-state index in [4.69, 9.17) is 23.2 Å². The SMILES string of the molecule is CCc1ccccc1N(CC(=O)N(Cc1ccc(Cl)cc1Cl)[C@H](CC)C(=O)NCC(C)C)S(=O)(=O)c1ccc(C)cc1. The van der Waals surface area contributed by atoms with Gasteiger partial charge in [-0.25, -0.2) is 8.42 Å². The van der Waals surface area contributed by atoms with Gasteiger partial charge in [0.1, 0.15) is 12.6 Å². The van der Waals surface area contributed by atoms with E-state index >= 15 is 0 Å². The van der Waals surface area contributed by atoms with Gasteiger partial charge in [-0.05, 0) is 67.1 Å². The van der Waals surface area contributed by atoms with E-state index in [0.29, 0.717) is 40.7 Å². The van der Waals surface area contributed by atoms with E-state index in [-0.39, 0.29) is 23.3 Å². The maximum Gasteiger partial charge on any atom is 0.264 e. The molecule has 0 heterocycles. The van der Waals surface area contributed by atoms with E-state index in [1.807, 2.05) is 46.8 Å². The van der Waals surface area contributed by atoms with Crippen LogP contribution < -0.4 is 9.62 Å². The van der Waals surface area contributed by atoms with Crippen LogP contribution in [0.4, 0.5) is 5.69 Å². The predicted octanol–water partition coefficient (Wildman–Crippen LogP) is 6.64. The minimum absolute atomic E-state index is 0.00369. The summed E-state index contributed by atoms with van der Waals surface area (Å²) in [5.74, 6) is -0.636. The second-order valence-electron chi connectivity index (χ2n) is 10.6. The molecular weight excluding hydrogens is 593 g/mol. The van der Waals surface area contributed by atoms with Gasteiger partial charge >= 0.3 is 0 Å². The summed E-state index contributed by atoms with van der Waals surface area (Å²) >= 11 is 12.6. The number of para-hydroxylation sites is 1. The number of hydrogen-bond acceptors (Lipinski definition) is 4. The lowest BCUT2D eigenvalue weighted by Crippen LogP contribution is -2.52. The topological polar surface area (TPSA) is 86.8 Å². The normalized spacial score (nSPS) is 12.2. The molecule has 3 rings (SSSR count). The number of aryl methyl sites for hydroxylation is 2. The molecule has 0 saturated heterocycles. The van der Waals surface area contributed by atoms with Crippen LogP contribution >= 0.6 is 23.2 Å². The van der Waals surface area contributed by atoms with E-state index in [1.54, 1.807) is 42.5 Å². The average molecular weight is 633 g/mol. The number of hydrogen-bond donors (Lipinski definition) is 1. The Bertz CT molecular complexity index is 1490. The fourth-order valence-corrected chi connectivity index (χ4v) is 6.50. The third-order valence-corrected chi connectivity index (χ3v) is 9.32. The Balaban J connectivity index is 2.11. The number of nitrogens with zero attached hydrogens (tertiary/aromatic N) is 2. The largest absolute Gasteiger partial charge is 0.354 e. The summed E-state index contributed by atoms with van der Waals surface area (Å²) in [6.45, 7) is 9.51. The molecule has 0 spiro atoms. The van der Waals surface area contributed by atoms with Crippen molar-refractivity contribution in [3.8, 4) is 0 Å². The first-order chi connectivity index (χ1) is 19.9. The molecule has 0 saturated carbocycles. The molecule has 1 atom stereocenters. The highest BCUT2D eigenvalue weighted by Crippen LogP contribution is 2.29. The molecule has 0 fully saturated rings.